The number of carbonyl (C=O) groups excluding carboxylic acids is 1. The van der Waals surface area contributed by atoms with Crippen LogP contribution >= 0.6 is 12.4 Å². The third-order valence-electron chi connectivity index (χ3n) is 1.08. The van der Waals surface area contributed by atoms with Gasteiger partial charge in [-0.2, -0.15) is 5.90 Å². The van der Waals surface area contributed by atoms with Gasteiger partial charge in [0.1, 0.15) is 0 Å². The second kappa shape index (κ2) is 10.0. The summed E-state index contributed by atoms with van der Waals surface area (Å²) < 4.78 is 0. The van der Waals surface area contributed by atoms with Crippen LogP contribution in [0.25, 0.3) is 10.4 Å². The molecule has 0 rings (SSSR count). The summed E-state index contributed by atoms with van der Waals surface area (Å²) in [6.07, 6.45) is 1.59. The lowest BCUT2D eigenvalue weighted by molar-refractivity contribution is -0.144. The maximum atomic E-state index is 10.4. The van der Waals surface area contributed by atoms with E-state index in [4.69, 9.17) is 5.53 Å². The molecule has 0 aliphatic heterocycles. The number of hydrogen-bond acceptors (Lipinski definition) is 4. The van der Waals surface area contributed by atoms with Crippen LogP contribution in [0.15, 0.2) is 5.11 Å². The van der Waals surface area contributed by atoms with Gasteiger partial charge in [0.15, 0.2) is 0 Å². The van der Waals surface area contributed by atoms with Crippen molar-refractivity contribution in [2.45, 2.75) is 19.3 Å². The highest BCUT2D eigenvalue weighted by Gasteiger charge is 1.98. The molecule has 0 radical (unpaired) electrons. The summed E-state index contributed by atoms with van der Waals surface area (Å²) in [5.41, 5.74) is 7.87. The normalized spacial score (nSPS) is 7.75. The molecular formula is C5H11ClN4O2. The Morgan fingerprint density at radius 2 is 2.25 bits per heavy atom. The van der Waals surface area contributed by atoms with Crippen LogP contribution < -0.4 is 5.90 Å². The zero-order valence-corrected chi connectivity index (χ0v) is 7.29. The minimum Gasteiger partial charge on any atom is -0.373 e. The van der Waals surface area contributed by atoms with Gasteiger partial charge in [0.05, 0.1) is 0 Å². The van der Waals surface area contributed by atoms with Crippen LogP contribution in [-0.2, 0) is 9.63 Å². The van der Waals surface area contributed by atoms with Gasteiger partial charge in [-0.3, -0.25) is 4.79 Å². The van der Waals surface area contributed by atoms with Gasteiger partial charge in [0, 0.05) is 17.9 Å². The molecule has 2 N–H and O–H groups in total. The molecule has 0 aliphatic rings. The lowest BCUT2D eigenvalue weighted by atomic mass is 10.2. The average Bonchev–Trinajstić information content (AvgIpc) is 2.04. The van der Waals surface area contributed by atoms with E-state index in [1.54, 1.807) is 0 Å². The van der Waals surface area contributed by atoms with Crippen molar-refractivity contribution >= 4 is 18.4 Å². The van der Waals surface area contributed by atoms with Crippen molar-refractivity contribution in [3.63, 3.8) is 0 Å². The van der Waals surface area contributed by atoms with Gasteiger partial charge < -0.3 is 4.84 Å². The maximum absolute atomic E-state index is 10.4. The smallest absolute Gasteiger partial charge is 0.324 e. The molecule has 0 saturated heterocycles. The monoisotopic (exact) mass is 194 g/mol. The zero-order valence-electron chi connectivity index (χ0n) is 6.47. The molecular weight excluding hydrogens is 184 g/mol. The summed E-state index contributed by atoms with van der Waals surface area (Å²) in [7, 11) is 0. The molecule has 0 atom stereocenters. The Hall–Kier alpha value is -0.970. The molecule has 12 heavy (non-hydrogen) atoms. The van der Waals surface area contributed by atoms with Crippen LogP contribution in [0.2, 0.25) is 0 Å². The summed E-state index contributed by atoms with van der Waals surface area (Å²) in [6.45, 7) is 0.411. The number of azide groups is 1. The van der Waals surface area contributed by atoms with Crippen LogP contribution in [0.3, 0.4) is 0 Å². The average molecular weight is 195 g/mol. The number of unbranched alkanes of at least 4 members (excludes halogenated alkanes) is 1. The molecule has 0 amide bonds. The van der Waals surface area contributed by atoms with Crippen molar-refractivity contribution in [1.29, 1.82) is 0 Å². The Labute approximate surface area is 76.1 Å². The van der Waals surface area contributed by atoms with Gasteiger partial charge in [-0.1, -0.05) is 5.11 Å². The SMILES string of the molecule is Cl.[N-]=[N+]=NCCCCC(=O)ON. The summed E-state index contributed by atoms with van der Waals surface area (Å²) in [6, 6.07) is 0. The minimum absolute atomic E-state index is 0. The zero-order chi connectivity index (χ0) is 8.53. The van der Waals surface area contributed by atoms with Gasteiger partial charge in [-0.15, -0.1) is 12.4 Å². The molecule has 0 saturated carbocycles. The number of rotatable bonds is 5. The van der Waals surface area contributed by atoms with E-state index in [1.807, 2.05) is 0 Å². The highest BCUT2D eigenvalue weighted by atomic mass is 35.5. The predicted octanol–water partition coefficient (Wildman–Crippen LogP) is 1.31. The van der Waals surface area contributed by atoms with E-state index >= 15 is 0 Å². The molecule has 0 aromatic rings. The Bertz CT molecular complexity index is 169. The van der Waals surface area contributed by atoms with Crippen LogP contribution in [0.4, 0.5) is 0 Å². The lowest BCUT2D eigenvalue weighted by Gasteiger charge is -1.94. The van der Waals surface area contributed by atoms with Crippen molar-refractivity contribution < 1.29 is 9.63 Å². The summed E-state index contributed by atoms with van der Waals surface area (Å²) >= 11 is 0. The molecule has 0 aliphatic carbocycles. The second-order valence-corrected chi connectivity index (χ2v) is 1.90. The Morgan fingerprint density at radius 1 is 1.58 bits per heavy atom. The first kappa shape index (κ1) is 13.6. The maximum Gasteiger partial charge on any atom is 0.324 e. The first-order valence-electron chi connectivity index (χ1n) is 3.21. The molecule has 7 heteroatoms. The topological polar surface area (TPSA) is 101 Å². The van der Waals surface area contributed by atoms with E-state index in [2.05, 4.69) is 20.8 Å². The van der Waals surface area contributed by atoms with E-state index in [-0.39, 0.29) is 18.8 Å². The van der Waals surface area contributed by atoms with E-state index < -0.39 is 5.97 Å². The molecule has 0 aromatic heterocycles. The van der Waals surface area contributed by atoms with Crippen molar-refractivity contribution in [2.24, 2.45) is 11.0 Å². The van der Waals surface area contributed by atoms with Gasteiger partial charge in [-0.05, 0) is 18.4 Å². The van der Waals surface area contributed by atoms with Gasteiger partial charge in [0.2, 0.25) is 0 Å². The molecule has 0 fully saturated rings. The summed E-state index contributed by atoms with van der Waals surface area (Å²) in [5, 5.41) is 3.29. The van der Waals surface area contributed by atoms with Gasteiger partial charge in [0.25, 0.3) is 0 Å². The fourth-order valence-electron chi connectivity index (χ4n) is 0.555. The number of nitrogens with zero attached hydrogens (tertiary/aromatic N) is 3. The molecule has 0 unspecified atom stereocenters. The molecule has 6 nitrogen and oxygen atoms in total. The molecule has 70 valence electrons. The Balaban J connectivity index is 0. The van der Waals surface area contributed by atoms with E-state index in [1.165, 1.54) is 0 Å². The highest BCUT2D eigenvalue weighted by molar-refractivity contribution is 5.85. The van der Waals surface area contributed by atoms with Gasteiger partial charge >= 0.3 is 5.97 Å². The van der Waals surface area contributed by atoms with Crippen LogP contribution in [0.1, 0.15) is 19.3 Å². The van der Waals surface area contributed by atoms with E-state index in [0.717, 1.165) is 0 Å². The predicted molar refractivity (Wildman–Crippen MR) is 45.4 cm³/mol. The second-order valence-electron chi connectivity index (χ2n) is 1.90. The van der Waals surface area contributed by atoms with Crippen LogP contribution in [0, 0.1) is 0 Å². The summed E-state index contributed by atoms with van der Waals surface area (Å²) in [4.78, 5) is 16.9. The van der Waals surface area contributed by atoms with Crippen LogP contribution in [-0.4, -0.2) is 12.5 Å². The number of nitrogens with two attached hydrogens (primary N) is 1. The number of hydrogen-bond donors (Lipinski definition) is 1. The Kier molecular flexibility index (Phi) is 11.4. The standard InChI is InChI=1S/C5H10N4O2.ClH/c6-9-8-4-2-1-3-5(10)11-7;/h1-4,7H2;1H. The van der Waals surface area contributed by atoms with Crippen molar-refractivity contribution in [3.05, 3.63) is 10.4 Å². The Morgan fingerprint density at radius 3 is 2.75 bits per heavy atom. The first-order chi connectivity index (χ1) is 5.31. The molecule has 0 aromatic carbocycles. The molecule has 0 bridgehead atoms. The van der Waals surface area contributed by atoms with E-state index in [0.29, 0.717) is 19.4 Å². The van der Waals surface area contributed by atoms with Crippen molar-refractivity contribution in [1.82, 2.24) is 0 Å². The molecule has 0 spiro atoms. The third kappa shape index (κ3) is 9.03. The van der Waals surface area contributed by atoms with Crippen molar-refractivity contribution in [2.75, 3.05) is 6.54 Å². The van der Waals surface area contributed by atoms with Gasteiger partial charge in [-0.25, -0.2) is 0 Å². The van der Waals surface area contributed by atoms with Crippen LogP contribution in [0.5, 0.6) is 0 Å². The first-order valence-corrected chi connectivity index (χ1v) is 3.21. The fourth-order valence-corrected chi connectivity index (χ4v) is 0.555. The third-order valence-corrected chi connectivity index (χ3v) is 1.08. The lowest BCUT2D eigenvalue weighted by Crippen LogP contribution is -2.09. The largest absolute Gasteiger partial charge is 0.373 e. The minimum atomic E-state index is -0.439. The van der Waals surface area contributed by atoms with E-state index in [9.17, 15) is 4.79 Å². The summed E-state index contributed by atoms with van der Waals surface area (Å²) in [5.74, 6) is 4.14. The van der Waals surface area contributed by atoms with Crippen molar-refractivity contribution in [3.8, 4) is 0 Å². The number of carbonyl (C=O) groups is 1. The number of halogens is 1. The molecule has 0 heterocycles. The quantitative estimate of drug-likeness (QED) is 0.235. The highest BCUT2D eigenvalue weighted by Crippen LogP contribution is 1.96. The fraction of sp³-hybridized carbons (Fsp3) is 0.800.